The average Bonchev–Trinajstić information content (AvgIpc) is 2.59. The number of nitrogens with zero attached hydrogens (tertiary/aromatic N) is 1. The fraction of sp³-hybridized carbons (Fsp3) is 0.500. The first-order chi connectivity index (χ1) is 9.87. The number of carbonyl (C=O) groups excluding carboxylic acids is 1. The molecule has 21 heavy (non-hydrogen) atoms. The fourth-order valence-corrected chi connectivity index (χ4v) is 3.80. The Morgan fingerprint density at radius 3 is 2.81 bits per heavy atom. The van der Waals surface area contributed by atoms with Gasteiger partial charge in [0, 0.05) is 17.3 Å². The molecular weight excluding hydrogens is 312 g/mol. The molecule has 5 nitrogen and oxygen atoms in total. The van der Waals surface area contributed by atoms with Crippen LogP contribution in [0.25, 0.3) is 0 Å². The minimum atomic E-state index is -2.97. The van der Waals surface area contributed by atoms with E-state index in [2.05, 4.69) is 5.32 Å². The molecule has 1 fully saturated rings. The third-order valence-electron chi connectivity index (χ3n) is 3.61. The van der Waals surface area contributed by atoms with Crippen LogP contribution in [-0.2, 0) is 14.6 Å². The second kappa shape index (κ2) is 6.77. The first kappa shape index (κ1) is 16.3. The van der Waals surface area contributed by atoms with Crippen molar-refractivity contribution in [1.82, 2.24) is 4.90 Å². The molecule has 1 N–H and O–H groups in total. The lowest BCUT2D eigenvalue weighted by atomic mass is 10.2. The first-order valence-electron chi connectivity index (χ1n) is 6.88. The van der Waals surface area contributed by atoms with Crippen molar-refractivity contribution >= 4 is 33.0 Å². The van der Waals surface area contributed by atoms with Crippen LogP contribution in [0.3, 0.4) is 0 Å². The molecule has 0 radical (unpaired) electrons. The SMILES string of the molecule is C[C@H](C(=O)Nc1cccc(Cl)c1)N1CCCS(=O)(=O)CC1. The lowest BCUT2D eigenvalue weighted by Crippen LogP contribution is -2.43. The molecule has 0 aromatic heterocycles. The van der Waals surface area contributed by atoms with Gasteiger partial charge in [0.15, 0.2) is 9.84 Å². The standard InChI is InChI=1S/C14H19ClN2O3S/c1-11(17-6-3-8-21(19,20)9-7-17)14(18)16-13-5-2-4-12(15)10-13/h2,4-5,10-11H,3,6-9H2,1H3,(H,16,18)/t11-/m1/s1. The normalized spacial score (nSPS) is 20.5. The molecule has 1 amide bonds. The molecule has 1 aromatic carbocycles. The Morgan fingerprint density at radius 1 is 1.33 bits per heavy atom. The monoisotopic (exact) mass is 330 g/mol. The van der Waals surface area contributed by atoms with E-state index >= 15 is 0 Å². The zero-order chi connectivity index (χ0) is 15.5. The van der Waals surface area contributed by atoms with Crippen molar-refractivity contribution in [3.63, 3.8) is 0 Å². The highest BCUT2D eigenvalue weighted by Crippen LogP contribution is 2.16. The van der Waals surface area contributed by atoms with Gasteiger partial charge in [0.2, 0.25) is 5.91 Å². The van der Waals surface area contributed by atoms with Crippen LogP contribution < -0.4 is 5.32 Å². The zero-order valence-corrected chi connectivity index (χ0v) is 13.5. The van der Waals surface area contributed by atoms with E-state index < -0.39 is 9.84 Å². The molecule has 0 aliphatic carbocycles. The van der Waals surface area contributed by atoms with Crippen LogP contribution in [0.4, 0.5) is 5.69 Å². The highest BCUT2D eigenvalue weighted by atomic mass is 35.5. The van der Waals surface area contributed by atoms with Gasteiger partial charge >= 0.3 is 0 Å². The number of anilines is 1. The quantitative estimate of drug-likeness (QED) is 0.917. The second-order valence-corrected chi connectivity index (χ2v) is 7.96. The minimum absolute atomic E-state index is 0.113. The van der Waals surface area contributed by atoms with E-state index in [0.717, 1.165) is 0 Å². The number of hydrogen-bond donors (Lipinski definition) is 1. The van der Waals surface area contributed by atoms with Crippen molar-refractivity contribution in [2.75, 3.05) is 29.9 Å². The van der Waals surface area contributed by atoms with Gasteiger partial charge < -0.3 is 5.32 Å². The Morgan fingerprint density at radius 2 is 2.10 bits per heavy atom. The Kier molecular flexibility index (Phi) is 5.24. The number of halogens is 1. The third kappa shape index (κ3) is 4.69. The van der Waals surface area contributed by atoms with E-state index in [1.165, 1.54) is 0 Å². The summed E-state index contributed by atoms with van der Waals surface area (Å²) in [5.41, 5.74) is 0.641. The Hall–Kier alpha value is -1.11. The van der Waals surface area contributed by atoms with Crippen molar-refractivity contribution < 1.29 is 13.2 Å². The molecule has 1 aliphatic heterocycles. The largest absolute Gasteiger partial charge is 0.325 e. The highest BCUT2D eigenvalue weighted by Gasteiger charge is 2.26. The number of hydrogen-bond acceptors (Lipinski definition) is 4. The number of carbonyl (C=O) groups is 1. The Balaban J connectivity index is 1.99. The number of benzene rings is 1. The van der Waals surface area contributed by atoms with Gasteiger partial charge in [-0.2, -0.15) is 0 Å². The molecule has 2 rings (SSSR count). The van der Waals surface area contributed by atoms with Gasteiger partial charge in [0.05, 0.1) is 17.5 Å². The van der Waals surface area contributed by atoms with Crippen LogP contribution in [0.15, 0.2) is 24.3 Å². The van der Waals surface area contributed by atoms with Gasteiger partial charge in [-0.3, -0.25) is 9.69 Å². The van der Waals surface area contributed by atoms with Crippen molar-refractivity contribution in [1.29, 1.82) is 0 Å². The predicted molar refractivity (Wildman–Crippen MR) is 84.4 cm³/mol. The van der Waals surface area contributed by atoms with Crippen molar-refractivity contribution in [3.8, 4) is 0 Å². The maximum Gasteiger partial charge on any atom is 0.241 e. The van der Waals surface area contributed by atoms with Gasteiger partial charge in [0.25, 0.3) is 0 Å². The van der Waals surface area contributed by atoms with Gasteiger partial charge in [-0.05, 0) is 38.1 Å². The lowest BCUT2D eigenvalue weighted by molar-refractivity contribution is -0.120. The summed E-state index contributed by atoms with van der Waals surface area (Å²) in [6, 6.07) is 6.57. The highest BCUT2D eigenvalue weighted by molar-refractivity contribution is 7.91. The molecule has 1 saturated heterocycles. The van der Waals surface area contributed by atoms with E-state index in [9.17, 15) is 13.2 Å². The van der Waals surface area contributed by atoms with Crippen molar-refractivity contribution in [2.24, 2.45) is 0 Å². The number of rotatable bonds is 3. The van der Waals surface area contributed by atoms with E-state index in [1.54, 1.807) is 31.2 Å². The van der Waals surface area contributed by atoms with E-state index in [1.807, 2.05) is 4.90 Å². The summed E-state index contributed by atoms with van der Waals surface area (Å²) in [6.45, 7) is 2.80. The summed E-state index contributed by atoms with van der Waals surface area (Å²) < 4.78 is 23.2. The first-order valence-corrected chi connectivity index (χ1v) is 9.08. The number of amides is 1. The van der Waals surface area contributed by atoms with Gasteiger partial charge in [-0.1, -0.05) is 17.7 Å². The lowest BCUT2D eigenvalue weighted by Gasteiger charge is -2.26. The number of sulfone groups is 1. The Labute approximate surface area is 130 Å². The summed E-state index contributed by atoms with van der Waals surface area (Å²) in [7, 11) is -2.97. The van der Waals surface area contributed by atoms with Crippen LogP contribution in [0.1, 0.15) is 13.3 Å². The molecule has 116 valence electrons. The molecule has 0 bridgehead atoms. The molecule has 0 unspecified atom stereocenters. The molecule has 1 aliphatic rings. The van der Waals surface area contributed by atoms with Crippen molar-refractivity contribution in [2.45, 2.75) is 19.4 Å². The molecule has 7 heteroatoms. The third-order valence-corrected chi connectivity index (χ3v) is 5.56. The average molecular weight is 331 g/mol. The van der Waals surface area contributed by atoms with Gasteiger partial charge in [0.1, 0.15) is 0 Å². The summed E-state index contributed by atoms with van der Waals surface area (Å²) in [6.07, 6.45) is 0.567. The molecule has 0 spiro atoms. The van der Waals surface area contributed by atoms with E-state index in [0.29, 0.717) is 30.2 Å². The fourth-order valence-electron chi connectivity index (χ4n) is 2.32. The van der Waals surface area contributed by atoms with E-state index in [4.69, 9.17) is 11.6 Å². The molecule has 1 atom stereocenters. The van der Waals surface area contributed by atoms with Crippen LogP contribution in [0.5, 0.6) is 0 Å². The molecule has 1 aromatic rings. The summed E-state index contributed by atoms with van der Waals surface area (Å²) in [5, 5.41) is 3.36. The maximum absolute atomic E-state index is 12.3. The molecular formula is C14H19ClN2O3S. The van der Waals surface area contributed by atoms with Gasteiger partial charge in [-0.15, -0.1) is 0 Å². The minimum Gasteiger partial charge on any atom is -0.325 e. The topological polar surface area (TPSA) is 66.5 Å². The Bertz CT molecular complexity index is 618. The summed E-state index contributed by atoms with van der Waals surface area (Å²) >= 11 is 5.88. The predicted octanol–water partition coefficient (Wildman–Crippen LogP) is 1.79. The summed E-state index contributed by atoms with van der Waals surface area (Å²) in [4.78, 5) is 14.2. The molecule has 0 saturated carbocycles. The molecule has 1 heterocycles. The van der Waals surface area contributed by atoms with Crippen LogP contribution in [0.2, 0.25) is 5.02 Å². The zero-order valence-electron chi connectivity index (χ0n) is 11.9. The number of nitrogens with one attached hydrogen (secondary N) is 1. The smallest absolute Gasteiger partial charge is 0.241 e. The van der Waals surface area contributed by atoms with Crippen LogP contribution >= 0.6 is 11.6 Å². The second-order valence-electron chi connectivity index (χ2n) is 5.22. The van der Waals surface area contributed by atoms with Crippen LogP contribution in [0, 0.1) is 0 Å². The van der Waals surface area contributed by atoms with E-state index in [-0.39, 0.29) is 23.5 Å². The van der Waals surface area contributed by atoms with Crippen molar-refractivity contribution in [3.05, 3.63) is 29.3 Å². The van der Waals surface area contributed by atoms with Crippen LogP contribution in [-0.4, -0.2) is 49.9 Å². The summed E-state index contributed by atoms with van der Waals surface area (Å²) in [5.74, 6) is 0.157. The van der Waals surface area contributed by atoms with Gasteiger partial charge in [-0.25, -0.2) is 8.42 Å². The maximum atomic E-state index is 12.3.